The fourth-order valence-corrected chi connectivity index (χ4v) is 3.04. The molecule has 3 heterocycles. The van der Waals surface area contributed by atoms with Crippen LogP contribution < -0.4 is 10.6 Å². The summed E-state index contributed by atoms with van der Waals surface area (Å²) in [6, 6.07) is 0.786. The standard InChI is InChI=1S/C20H26N4O5/c1-19(2,3)28-17(26)23-13-9-11-10-24(18(27)29-20(4,5)6)15-14(11)12(7-8-21-15)22-16(13)25/h7-8,10,13H,9H2,1-6H3,(H,22,25)(H,23,26)/t13-/m0/s1. The maximum absolute atomic E-state index is 12.6. The van der Waals surface area contributed by atoms with Crippen LogP contribution >= 0.6 is 0 Å². The smallest absolute Gasteiger partial charge is 0.420 e. The van der Waals surface area contributed by atoms with Crippen molar-refractivity contribution < 1.29 is 23.9 Å². The minimum absolute atomic E-state index is 0.177. The summed E-state index contributed by atoms with van der Waals surface area (Å²) in [5.41, 5.74) is 0.229. The number of pyridine rings is 1. The van der Waals surface area contributed by atoms with Gasteiger partial charge in [0.15, 0.2) is 5.65 Å². The lowest BCUT2D eigenvalue weighted by atomic mass is 10.1. The molecule has 0 saturated heterocycles. The van der Waals surface area contributed by atoms with E-state index in [2.05, 4.69) is 15.6 Å². The molecule has 0 aromatic carbocycles. The number of ether oxygens (including phenoxy) is 2. The van der Waals surface area contributed by atoms with Gasteiger partial charge in [-0.25, -0.2) is 19.1 Å². The summed E-state index contributed by atoms with van der Waals surface area (Å²) in [6.45, 7) is 10.6. The van der Waals surface area contributed by atoms with Crippen molar-refractivity contribution in [3.63, 3.8) is 0 Å². The van der Waals surface area contributed by atoms with Crippen LogP contribution in [0.1, 0.15) is 47.1 Å². The highest BCUT2D eigenvalue weighted by atomic mass is 16.6. The summed E-state index contributed by atoms with van der Waals surface area (Å²) in [4.78, 5) is 41.7. The number of alkyl carbamates (subject to hydrolysis) is 1. The number of carbonyl (C=O) groups excluding carboxylic acids is 3. The number of hydrogen-bond donors (Lipinski definition) is 2. The topological polar surface area (TPSA) is 112 Å². The summed E-state index contributed by atoms with van der Waals surface area (Å²) < 4.78 is 12.0. The van der Waals surface area contributed by atoms with Gasteiger partial charge in [0.25, 0.3) is 0 Å². The number of rotatable bonds is 1. The number of nitrogens with zero attached hydrogens (tertiary/aromatic N) is 2. The van der Waals surface area contributed by atoms with E-state index in [0.717, 1.165) is 0 Å². The van der Waals surface area contributed by atoms with Crippen LogP contribution in [0.15, 0.2) is 18.5 Å². The summed E-state index contributed by atoms with van der Waals surface area (Å²) in [5, 5.41) is 6.03. The van der Waals surface area contributed by atoms with E-state index in [4.69, 9.17) is 9.47 Å². The van der Waals surface area contributed by atoms with E-state index in [1.807, 2.05) is 0 Å². The SMILES string of the molecule is CC(C)(C)OC(=O)N[C@H]1Cc2cn(C(=O)OC(C)(C)C)c3nccc(c23)NC1=O. The third-order valence-electron chi connectivity index (χ3n) is 4.04. The number of amides is 2. The number of aromatic nitrogens is 2. The van der Waals surface area contributed by atoms with E-state index in [-0.39, 0.29) is 12.3 Å². The number of carbonyl (C=O) groups is 3. The van der Waals surface area contributed by atoms with Gasteiger partial charge in [0, 0.05) is 24.2 Å². The number of anilines is 1. The van der Waals surface area contributed by atoms with Crippen LogP contribution in [0, 0.1) is 0 Å². The van der Waals surface area contributed by atoms with Gasteiger partial charge in [-0.05, 0) is 53.2 Å². The van der Waals surface area contributed by atoms with Crippen molar-refractivity contribution in [3.05, 3.63) is 24.0 Å². The van der Waals surface area contributed by atoms with Crippen molar-refractivity contribution >= 4 is 34.8 Å². The molecule has 2 aromatic rings. The van der Waals surface area contributed by atoms with Crippen LogP contribution in [0.5, 0.6) is 0 Å². The molecule has 0 unspecified atom stereocenters. The van der Waals surface area contributed by atoms with Gasteiger partial charge in [0.1, 0.15) is 17.2 Å². The van der Waals surface area contributed by atoms with Gasteiger partial charge < -0.3 is 20.1 Å². The van der Waals surface area contributed by atoms with Gasteiger partial charge in [-0.1, -0.05) is 0 Å². The molecule has 2 aromatic heterocycles. The highest BCUT2D eigenvalue weighted by Crippen LogP contribution is 2.31. The van der Waals surface area contributed by atoms with Gasteiger partial charge in [0.2, 0.25) is 5.91 Å². The fourth-order valence-electron chi connectivity index (χ4n) is 3.04. The summed E-state index contributed by atoms with van der Waals surface area (Å²) >= 11 is 0. The maximum Gasteiger partial charge on any atom is 0.420 e. The minimum Gasteiger partial charge on any atom is -0.444 e. The highest BCUT2D eigenvalue weighted by molar-refractivity contribution is 6.07. The largest absolute Gasteiger partial charge is 0.444 e. The van der Waals surface area contributed by atoms with Gasteiger partial charge in [-0.15, -0.1) is 0 Å². The van der Waals surface area contributed by atoms with Gasteiger partial charge >= 0.3 is 12.2 Å². The Morgan fingerprint density at radius 3 is 2.45 bits per heavy atom. The van der Waals surface area contributed by atoms with Crippen molar-refractivity contribution in [2.75, 3.05) is 5.32 Å². The molecule has 29 heavy (non-hydrogen) atoms. The van der Waals surface area contributed by atoms with E-state index in [1.165, 1.54) is 10.8 Å². The Hall–Kier alpha value is -3.10. The Kier molecular flexibility index (Phi) is 5.02. The zero-order valence-corrected chi connectivity index (χ0v) is 17.5. The lowest BCUT2D eigenvalue weighted by molar-refractivity contribution is -0.118. The molecule has 3 rings (SSSR count). The van der Waals surface area contributed by atoms with Crippen molar-refractivity contribution in [1.29, 1.82) is 0 Å². The lowest BCUT2D eigenvalue weighted by Gasteiger charge is -2.22. The number of nitrogens with one attached hydrogen (secondary N) is 2. The molecule has 9 heteroatoms. The van der Waals surface area contributed by atoms with E-state index >= 15 is 0 Å². The first-order valence-electron chi connectivity index (χ1n) is 9.37. The Balaban J connectivity index is 1.95. The van der Waals surface area contributed by atoms with Crippen LogP contribution in [-0.4, -0.2) is 44.9 Å². The molecular formula is C20H26N4O5. The Bertz CT molecular complexity index is 981. The van der Waals surface area contributed by atoms with E-state index in [1.54, 1.807) is 53.8 Å². The molecule has 0 saturated carbocycles. The molecule has 1 aliphatic rings. The minimum atomic E-state index is -0.866. The summed E-state index contributed by atoms with van der Waals surface area (Å²) in [7, 11) is 0. The predicted molar refractivity (Wildman–Crippen MR) is 107 cm³/mol. The van der Waals surface area contributed by atoms with Crippen molar-refractivity contribution in [2.45, 2.75) is 65.2 Å². The van der Waals surface area contributed by atoms with Crippen molar-refractivity contribution in [1.82, 2.24) is 14.9 Å². The Morgan fingerprint density at radius 1 is 1.17 bits per heavy atom. The molecule has 0 bridgehead atoms. The normalized spacial score (nSPS) is 16.8. The first kappa shape index (κ1) is 20.6. The average Bonchev–Trinajstić information content (AvgIpc) is 2.84. The van der Waals surface area contributed by atoms with Crippen LogP contribution in [-0.2, 0) is 20.7 Å². The van der Waals surface area contributed by atoms with Gasteiger partial charge in [0.05, 0.1) is 5.69 Å². The van der Waals surface area contributed by atoms with E-state index in [0.29, 0.717) is 22.3 Å². The first-order valence-corrected chi connectivity index (χ1v) is 9.37. The van der Waals surface area contributed by atoms with Crippen molar-refractivity contribution in [2.24, 2.45) is 0 Å². The van der Waals surface area contributed by atoms with Crippen LogP contribution in [0.25, 0.3) is 11.0 Å². The fraction of sp³-hybridized carbons (Fsp3) is 0.500. The third kappa shape index (κ3) is 4.67. The second kappa shape index (κ2) is 7.06. The molecule has 1 atom stereocenters. The zero-order chi connectivity index (χ0) is 21.6. The molecule has 0 fully saturated rings. The monoisotopic (exact) mass is 402 g/mol. The Labute approximate surface area is 168 Å². The second-order valence-electron chi connectivity index (χ2n) is 8.95. The number of hydrogen-bond acceptors (Lipinski definition) is 6. The molecule has 2 N–H and O–H groups in total. The molecule has 1 aliphatic heterocycles. The predicted octanol–water partition coefficient (Wildman–Crippen LogP) is 3.21. The highest BCUT2D eigenvalue weighted by Gasteiger charge is 2.31. The molecule has 0 spiro atoms. The van der Waals surface area contributed by atoms with Gasteiger partial charge in [-0.3, -0.25) is 4.79 Å². The molecule has 0 radical (unpaired) electrons. The van der Waals surface area contributed by atoms with Crippen LogP contribution in [0.3, 0.4) is 0 Å². The van der Waals surface area contributed by atoms with Gasteiger partial charge in [-0.2, -0.15) is 0 Å². The molecule has 2 amide bonds. The van der Waals surface area contributed by atoms with E-state index < -0.39 is 29.4 Å². The zero-order valence-electron chi connectivity index (χ0n) is 17.5. The quantitative estimate of drug-likeness (QED) is 0.758. The van der Waals surface area contributed by atoms with Crippen molar-refractivity contribution in [3.8, 4) is 0 Å². The Morgan fingerprint density at radius 2 is 1.83 bits per heavy atom. The molecule has 9 nitrogen and oxygen atoms in total. The van der Waals surface area contributed by atoms with Crippen LogP contribution in [0.2, 0.25) is 0 Å². The molecular weight excluding hydrogens is 376 g/mol. The maximum atomic E-state index is 12.6. The average molecular weight is 402 g/mol. The summed E-state index contributed by atoms with van der Waals surface area (Å²) in [6.07, 6.45) is 2.02. The molecule has 156 valence electrons. The second-order valence-corrected chi connectivity index (χ2v) is 8.95. The summed E-state index contributed by atoms with van der Waals surface area (Å²) in [5.74, 6) is -0.372. The third-order valence-corrected chi connectivity index (χ3v) is 4.04. The van der Waals surface area contributed by atoms with Crippen LogP contribution in [0.4, 0.5) is 15.3 Å². The first-order chi connectivity index (χ1) is 13.3. The van der Waals surface area contributed by atoms with E-state index in [9.17, 15) is 14.4 Å². The molecule has 0 aliphatic carbocycles. The lowest BCUT2D eigenvalue weighted by Crippen LogP contribution is -2.46.